The van der Waals surface area contributed by atoms with E-state index in [0.29, 0.717) is 0 Å². The van der Waals surface area contributed by atoms with Crippen molar-refractivity contribution in [2.75, 3.05) is 18.0 Å². The van der Waals surface area contributed by atoms with E-state index in [4.69, 9.17) is 0 Å². The Morgan fingerprint density at radius 1 is 1.15 bits per heavy atom. The number of benzene rings is 1. The molecule has 0 radical (unpaired) electrons. The highest BCUT2D eigenvalue weighted by molar-refractivity contribution is 5.92. The molecular weight excluding hydrogens is 347 g/mol. The van der Waals surface area contributed by atoms with Gasteiger partial charge in [-0.25, -0.2) is 4.79 Å². The summed E-state index contributed by atoms with van der Waals surface area (Å²) < 4.78 is 39.5. The molecule has 0 aliphatic heterocycles. The number of urea groups is 1. The Hall–Kier alpha value is -2.25. The van der Waals surface area contributed by atoms with Crippen molar-refractivity contribution < 1.29 is 22.8 Å². The van der Waals surface area contributed by atoms with Gasteiger partial charge in [0.2, 0.25) is 5.91 Å². The number of amides is 3. The standard InChI is InChI=1S/C18H24F3N3O2/c1-13(25)24(16-10-6-5-9-15(16)18(19,20)21)12-11-22-17(26)23-14-7-3-2-4-8-14/h5-6,9-10,14H,2-4,7-8,11-12H2,1H3,(H2,22,23,26). The van der Waals surface area contributed by atoms with Gasteiger partial charge in [0.15, 0.2) is 0 Å². The van der Waals surface area contributed by atoms with Crippen LogP contribution in [0.2, 0.25) is 0 Å². The van der Waals surface area contributed by atoms with E-state index in [0.717, 1.165) is 36.6 Å². The molecule has 0 spiro atoms. The fraction of sp³-hybridized carbons (Fsp3) is 0.556. The average molecular weight is 371 g/mol. The van der Waals surface area contributed by atoms with Gasteiger partial charge >= 0.3 is 12.2 Å². The molecule has 1 aliphatic rings. The largest absolute Gasteiger partial charge is 0.418 e. The second-order valence-corrected chi connectivity index (χ2v) is 6.42. The van der Waals surface area contributed by atoms with Gasteiger partial charge in [-0.05, 0) is 25.0 Å². The van der Waals surface area contributed by atoms with Crippen LogP contribution >= 0.6 is 0 Å². The third kappa shape index (κ3) is 5.64. The number of para-hydroxylation sites is 1. The minimum absolute atomic E-state index is 0.0412. The molecule has 26 heavy (non-hydrogen) atoms. The predicted octanol–water partition coefficient (Wildman–Crippen LogP) is 3.69. The fourth-order valence-electron chi connectivity index (χ4n) is 3.16. The molecule has 8 heteroatoms. The molecule has 144 valence electrons. The summed E-state index contributed by atoms with van der Waals surface area (Å²) in [7, 11) is 0. The van der Waals surface area contributed by atoms with Crippen molar-refractivity contribution >= 4 is 17.6 Å². The molecule has 0 saturated heterocycles. The van der Waals surface area contributed by atoms with Crippen LogP contribution in [0, 0.1) is 0 Å². The average Bonchev–Trinajstić information content (AvgIpc) is 2.58. The third-order valence-corrected chi connectivity index (χ3v) is 4.44. The van der Waals surface area contributed by atoms with Gasteiger partial charge in [-0.2, -0.15) is 13.2 Å². The molecule has 0 heterocycles. The van der Waals surface area contributed by atoms with Gasteiger partial charge in [-0.15, -0.1) is 0 Å². The molecule has 3 amide bonds. The first-order chi connectivity index (χ1) is 12.3. The van der Waals surface area contributed by atoms with E-state index < -0.39 is 17.6 Å². The second kappa shape index (κ2) is 8.91. The predicted molar refractivity (Wildman–Crippen MR) is 92.9 cm³/mol. The molecule has 2 rings (SSSR count). The topological polar surface area (TPSA) is 61.4 Å². The third-order valence-electron chi connectivity index (χ3n) is 4.44. The zero-order valence-corrected chi connectivity index (χ0v) is 14.7. The Morgan fingerprint density at radius 3 is 2.42 bits per heavy atom. The van der Waals surface area contributed by atoms with Crippen molar-refractivity contribution in [1.29, 1.82) is 0 Å². The molecule has 1 fully saturated rings. The van der Waals surface area contributed by atoms with Gasteiger partial charge in [-0.1, -0.05) is 31.4 Å². The minimum Gasteiger partial charge on any atom is -0.336 e. The van der Waals surface area contributed by atoms with E-state index in [-0.39, 0.29) is 30.8 Å². The van der Waals surface area contributed by atoms with E-state index in [2.05, 4.69) is 10.6 Å². The molecule has 1 aromatic rings. The van der Waals surface area contributed by atoms with Crippen LogP contribution in [0.25, 0.3) is 0 Å². The number of hydrogen-bond donors (Lipinski definition) is 2. The summed E-state index contributed by atoms with van der Waals surface area (Å²) in [5.41, 5.74) is -1.08. The lowest BCUT2D eigenvalue weighted by Gasteiger charge is -2.26. The van der Waals surface area contributed by atoms with Crippen molar-refractivity contribution in [1.82, 2.24) is 10.6 Å². The normalized spacial score (nSPS) is 15.4. The summed E-state index contributed by atoms with van der Waals surface area (Å²) in [4.78, 5) is 24.8. The second-order valence-electron chi connectivity index (χ2n) is 6.42. The minimum atomic E-state index is -4.56. The Bertz CT molecular complexity index is 628. The first kappa shape index (κ1) is 20.1. The van der Waals surface area contributed by atoms with Crippen LogP contribution in [0.15, 0.2) is 24.3 Å². The number of carbonyl (C=O) groups excluding carboxylic acids is 2. The molecule has 2 N–H and O–H groups in total. The Kier molecular flexibility index (Phi) is 6.88. The van der Waals surface area contributed by atoms with Crippen LogP contribution in [0.4, 0.5) is 23.7 Å². The molecular formula is C18H24F3N3O2. The van der Waals surface area contributed by atoms with Crippen molar-refractivity contribution in [2.45, 2.75) is 51.2 Å². The molecule has 5 nitrogen and oxygen atoms in total. The smallest absolute Gasteiger partial charge is 0.336 e. The SMILES string of the molecule is CC(=O)N(CCNC(=O)NC1CCCCC1)c1ccccc1C(F)(F)F. The zero-order chi connectivity index (χ0) is 19.2. The lowest BCUT2D eigenvalue weighted by Crippen LogP contribution is -2.46. The maximum Gasteiger partial charge on any atom is 0.418 e. The lowest BCUT2D eigenvalue weighted by molar-refractivity contribution is -0.137. The summed E-state index contributed by atoms with van der Waals surface area (Å²) in [5, 5.41) is 5.48. The molecule has 0 unspecified atom stereocenters. The quantitative estimate of drug-likeness (QED) is 0.829. The summed E-state index contributed by atoms with van der Waals surface area (Å²) in [5.74, 6) is -0.517. The number of nitrogens with zero attached hydrogens (tertiary/aromatic N) is 1. The number of rotatable bonds is 5. The van der Waals surface area contributed by atoms with Crippen LogP contribution in [0.5, 0.6) is 0 Å². The Balaban J connectivity index is 1.95. The molecule has 1 aliphatic carbocycles. The Labute approximate surface area is 150 Å². The number of carbonyl (C=O) groups is 2. The number of halogens is 3. The van der Waals surface area contributed by atoms with Gasteiger partial charge in [0.1, 0.15) is 0 Å². The van der Waals surface area contributed by atoms with E-state index >= 15 is 0 Å². The van der Waals surface area contributed by atoms with Gasteiger partial charge in [0.05, 0.1) is 11.3 Å². The van der Waals surface area contributed by atoms with E-state index in [1.165, 1.54) is 31.5 Å². The van der Waals surface area contributed by atoms with Crippen molar-refractivity contribution in [2.24, 2.45) is 0 Å². The molecule has 1 aromatic carbocycles. The maximum absolute atomic E-state index is 13.2. The number of hydrogen-bond acceptors (Lipinski definition) is 2. The van der Waals surface area contributed by atoms with E-state index in [9.17, 15) is 22.8 Å². The van der Waals surface area contributed by atoms with Crippen LogP contribution in [0.1, 0.15) is 44.6 Å². The van der Waals surface area contributed by atoms with Gasteiger partial charge in [0.25, 0.3) is 0 Å². The number of anilines is 1. The van der Waals surface area contributed by atoms with Crippen LogP contribution < -0.4 is 15.5 Å². The Morgan fingerprint density at radius 2 is 1.81 bits per heavy atom. The van der Waals surface area contributed by atoms with Gasteiger partial charge < -0.3 is 15.5 Å². The highest BCUT2D eigenvalue weighted by Gasteiger charge is 2.35. The summed E-state index contributed by atoms with van der Waals surface area (Å²) in [6.45, 7) is 1.22. The summed E-state index contributed by atoms with van der Waals surface area (Å²) in [6.07, 6.45) is 0.647. The van der Waals surface area contributed by atoms with Crippen molar-refractivity contribution in [3.05, 3.63) is 29.8 Å². The number of nitrogens with one attached hydrogen (secondary N) is 2. The van der Waals surface area contributed by atoms with Gasteiger partial charge in [-0.3, -0.25) is 4.79 Å². The van der Waals surface area contributed by atoms with Crippen LogP contribution in [-0.2, 0) is 11.0 Å². The maximum atomic E-state index is 13.2. The van der Waals surface area contributed by atoms with E-state index in [1.807, 2.05) is 0 Å². The first-order valence-electron chi connectivity index (χ1n) is 8.77. The monoisotopic (exact) mass is 371 g/mol. The highest BCUT2D eigenvalue weighted by Crippen LogP contribution is 2.36. The molecule has 1 saturated carbocycles. The molecule has 0 atom stereocenters. The molecule has 0 aromatic heterocycles. The fourth-order valence-corrected chi connectivity index (χ4v) is 3.16. The summed E-state index contributed by atoms with van der Waals surface area (Å²) in [6, 6.07) is 4.70. The molecule has 0 bridgehead atoms. The lowest BCUT2D eigenvalue weighted by atomic mass is 9.96. The van der Waals surface area contributed by atoms with Crippen LogP contribution in [0.3, 0.4) is 0 Å². The van der Waals surface area contributed by atoms with E-state index in [1.54, 1.807) is 0 Å². The first-order valence-corrected chi connectivity index (χ1v) is 8.77. The van der Waals surface area contributed by atoms with Crippen molar-refractivity contribution in [3.63, 3.8) is 0 Å². The van der Waals surface area contributed by atoms with Crippen LogP contribution in [-0.4, -0.2) is 31.1 Å². The van der Waals surface area contributed by atoms with Gasteiger partial charge in [0, 0.05) is 26.1 Å². The highest BCUT2D eigenvalue weighted by atomic mass is 19.4. The number of alkyl halides is 3. The van der Waals surface area contributed by atoms with Crippen molar-refractivity contribution in [3.8, 4) is 0 Å². The summed E-state index contributed by atoms with van der Waals surface area (Å²) >= 11 is 0. The zero-order valence-electron chi connectivity index (χ0n) is 14.7.